The molecule has 28 heavy (non-hydrogen) atoms. The molecule has 1 N–H and O–H groups in total. The van der Waals surface area contributed by atoms with Crippen LogP contribution in [-0.4, -0.2) is 46.5 Å². The number of carbonyl (C=O) groups is 1. The monoisotopic (exact) mass is 402 g/mol. The topological polar surface area (TPSA) is 67.2 Å². The van der Waals surface area contributed by atoms with Crippen molar-refractivity contribution in [1.82, 2.24) is 19.8 Å². The van der Waals surface area contributed by atoms with Crippen LogP contribution < -0.4 is 10.9 Å². The molecule has 1 saturated carbocycles. The zero-order valence-electron chi connectivity index (χ0n) is 16.9. The molecule has 152 valence electrons. The maximum absolute atomic E-state index is 12.9. The van der Waals surface area contributed by atoms with Gasteiger partial charge in [-0.25, -0.2) is 4.98 Å². The molecule has 1 amide bonds. The van der Waals surface area contributed by atoms with Crippen LogP contribution in [0.25, 0.3) is 10.2 Å². The number of thiophene rings is 1. The third kappa shape index (κ3) is 3.74. The predicted octanol–water partition coefficient (Wildman–Crippen LogP) is 3.10. The molecular formula is C21H30N4O2S. The van der Waals surface area contributed by atoms with Gasteiger partial charge in [0.1, 0.15) is 10.7 Å². The first-order valence-corrected chi connectivity index (χ1v) is 11.4. The van der Waals surface area contributed by atoms with Gasteiger partial charge >= 0.3 is 0 Å². The van der Waals surface area contributed by atoms with Gasteiger partial charge in [-0.3, -0.25) is 14.2 Å². The zero-order chi connectivity index (χ0) is 19.7. The molecule has 0 aromatic carbocycles. The molecule has 3 heterocycles. The van der Waals surface area contributed by atoms with Gasteiger partial charge in [-0.05, 0) is 45.2 Å². The first kappa shape index (κ1) is 19.6. The van der Waals surface area contributed by atoms with Gasteiger partial charge in [0.05, 0.1) is 10.3 Å². The lowest BCUT2D eigenvalue weighted by Crippen LogP contribution is -2.39. The average molecular weight is 403 g/mol. The highest BCUT2D eigenvalue weighted by Crippen LogP contribution is 2.28. The summed E-state index contributed by atoms with van der Waals surface area (Å²) in [5.74, 6) is 0.783. The smallest absolute Gasteiger partial charge is 0.262 e. The number of rotatable bonds is 5. The van der Waals surface area contributed by atoms with Gasteiger partial charge < -0.3 is 10.2 Å². The van der Waals surface area contributed by atoms with Crippen LogP contribution in [0.3, 0.4) is 0 Å². The normalized spacial score (nSPS) is 17.8. The second kappa shape index (κ2) is 8.33. The number of amides is 1. The number of hydrogen-bond donors (Lipinski definition) is 1. The van der Waals surface area contributed by atoms with Crippen LogP contribution in [0, 0.1) is 6.92 Å². The van der Waals surface area contributed by atoms with E-state index in [-0.39, 0.29) is 11.5 Å². The van der Waals surface area contributed by atoms with Crippen LogP contribution in [-0.2, 0) is 13.0 Å². The van der Waals surface area contributed by atoms with Crippen molar-refractivity contribution in [2.75, 3.05) is 20.1 Å². The van der Waals surface area contributed by atoms with Crippen LogP contribution in [0.5, 0.6) is 0 Å². The molecule has 0 radical (unpaired) electrons. The van der Waals surface area contributed by atoms with Gasteiger partial charge in [0.15, 0.2) is 0 Å². The Morgan fingerprint density at radius 3 is 2.82 bits per heavy atom. The molecule has 1 aliphatic heterocycles. The lowest BCUT2D eigenvalue weighted by atomic mass is 9.94. The first-order chi connectivity index (χ1) is 13.6. The highest BCUT2D eigenvalue weighted by molar-refractivity contribution is 7.20. The van der Waals surface area contributed by atoms with Gasteiger partial charge in [0.2, 0.25) is 0 Å². The van der Waals surface area contributed by atoms with E-state index in [1.165, 1.54) is 43.4 Å². The van der Waals surface area contributed by atoms with Crippen molar-refractivity contribution in [3.8, 4) is 0 Å². The maximum Gasteiger partial charge on any atom is 0.262 e. The number of carbonyl (C=O) groups excluding carboxylic acids is 1. The Morgan fingerprint density at radius 2 is 2.04 bits per heavy atom. The van der Waals surface area contributed by atoms with Gasteiger partial charge in [0, 0.05) is 32.1 Å². The molecule has 0 unspecified atom stereocenters. The lowest BCUT2D eigenvalue weighted by molar-refractivity contribution is 0.0948. The number of hydrogen-bond acceptors (Lipinski definition) is 5. The predicted molar refractivity (Wildman–Crippen MR) is 113 cm³/mol. The van der Waals surface area contributed by atoms with Crippen molar-refractivity contribution in [2.24, 2.45) is 0 Å². The molecule has 6 nitrogen and oxygen atoms in total. The number of nitrogens with zero attached hydrogens (tertiary/aromatic N) is 3. The van der Waals surface area contributed by atoms with Crippen molar-refractivity contribution in [2.45, 2.75) is 70.9 Å². The van der Waals surface area contributed by atoms with E-state index in [0.29, 0.717) is 27.7 Å². The van der Waals surface area contributed by atoms with Gasteiger partial charge in [-0.2, -0.15) is 0 Å². The quantitative estimate of drug-likeness (QED) is 0.835. The Kier molecular flexibility index (Phi) is 5.83. The first-order valence-electron chi connectivity index (χ1n) is 10.6. The maximum atomic E-state index is 12.9. The average Bonchev–Trinajstić information content (AvgIpc) is 3.05. The van der Waals surface area contributed by atoms with E-state index in [9.17, 15) is 9.59 Å². The van der Waals surface area contributed by atoms with Crippen molar-refractivity contribution in [3.63, 3.8) is 0 Å². The van der Waals surface area contributed by atoms with Gasteiger partial charge in [0.25, 0.3) is 11.5 Å². The fourth-order valence-corrected chi connectivity index (χ4v) is 5.69. The standard InChI is InChI=1S/C21H30N4O2S/c1-14-17-20(23-16-10-6-7-12-25(16)21(17)27)28-18(14)19(26)22-11-13-24(2)15-8-4-3-5-9-15/h15H,3-13H2,1-2H3,(H,22,26). The number of likely N-dealkylation sites (N-methyl/N-ethyl adjacent to an activating group) is 1. The minimum absolute atomic E-state index is 0.0181. The Bertz CT molecular complexity index is 927. The molecule has 1 fully saturated rings. The van der Waals surface area contributed by atoms with E-state index in [0.717, 1.165) is 43.7 Å². The molecule has 7 heteroatoms. The summed E-state index contributed by atoms with van der Waals surface area (Å²) >= 11 is 1.36. The molecule has 2 aromatic heterocycles. The van der Waals surface area contributed by atoms with Crippen molar-refractivity contribution < 1.29 is 4.79 Å². The van der Waals surface area contributed by atoms with Crippen molar-refractivity contribution in [1.29, 1.82) is 0 Å². The molecule has 2 aromatic rings. The molecular weight excluding hydrogens is 372 g/mol. The van der Waals surface area contributed by atoms with E-state index in [4.69, 9.17) is 4.98 Å². The second-order valence-electron chi connectivity index (χ2n) is 8.21. The molecule has 1 aliphatic carbocycles. The molecule has 0 saturated heterocycles. The fraction of sp³-hybridized carbons (Fsp3) is 0.667. The van der Waals surface area contributed by atoms with E-state index in [1.54, 1.807) is 4.57 Å². The Morgan fingerprint density at radius 1 is 1.25 bits per heavy atom. The summed E-state index contributed by atoms with van der Waals surface area (Å²) in [7, 11) is 2.15. The van der Waals surface area contributed by atoms with Crippen molar-refractivity contribution >= 4 is 27.5 Å². The SMILES string of the molecule is Cc1c(C(=O)NCCN(C)C2CCCCC2)sc2nc3n(c(=O)c12)CCCC3. The number of nitrogens with one attached hydrogen (secondary N) is 1. The van der Waals surface area contributed by atoms with Gasteiger partial charge in [-0.1, -0.05) is 19.3 Å². The summed E-state index contributed by atoms with van der Waals surface area (Å²) < 4.78 is 1.80. The summed E-state index contributed by atoms with van der Waals surface area (Å²) in [5.41, 5.74) is 0.793. The van der Waals surface area contributed by atoms with Crippen LogP contribution in [0.2, 0.25) is 0 Å². The van der Waals surface area contributed by atoms with Crippen LogP contribution in [0.15, 0.2) is 4.79 Å². The van der Waals surface area contributed by atoms with Crippen LogP contribution in [0.1, 0.15) is 66.0 Å². The molecule has 2 aliphatic rings. The minimum atomic E-state index is -0.0834. The zero-order valence-corrected chi connectivity index (χ0v) is 17.7. The highest BCUT2D eigenvalue weighted by atomic mass is 32.1. The van der Waals surface area contributed by atoms with E-state index < -0.39 is 0 Å². The lowest BCUT2D eigenvalue weighted by Gasteiger charge is -2.31. The second-order valence-corrected chi connectivity index (χ2v) is 9.21. The highest BCUT2D eigenvalue weighted by Gasteiger charge is 2.23. The third-order valence-corrected chi connectivity index (χ3v) is 7.50. The Balaban J connectivity index is 1.46. The Hall–Kier alpha value is -1.73. The van der Waals surface area contributed by atoms with E-state index in [1.807, 2.05) is 6.92 Å². The van der Waals surface area contributed by atoms with Crippen LogP contribution >= 0.6 is 11.3 Å². The van der Waals surface area contributed by atoms with Crippen molar-refractivity contribution in [3.05, 3.63) is 26.6 Å². The number of aryl methyl sites for hydroxylation is 2. The summed E-state index contributed by atoms with van der Waals surface area (Å²) in [4.78, 5) is 34.1. The summed E-state index contributed by atoms with van der Waals surface area (Å²) in [6.45, 7) is 4.10. The molecule has 0 bridgehead atoms. The van der Waals surface area contributed by atoms with Gasteiger partial charge in [-0.15, -0.1) is 11.3 Å². The van der Waals surface area contributed by atoms with Crippen LogP contribution in [0.4, 0.5) is 0 Å². The molecule has 0 spiro atoms. The molecule has 0 atom stereocenters. The largest absolute Gasteiger partial charge is 0.350 e. The fourth-order valence-electron chi connectivity index (χ4n) is 4.58. The number of aromatic nitrogens is 2. The summed E-state index contributed by atoms with van der Waals surface area (Å²) in [6, 6.07) is 0.646. The molecule has 4 rings (SSSR count). The summed E-state index contributed by atoms with van der Waals surface area (Å²) in [5, 5.41) is 3.68. The minimum Gasteiger partial charge on any atom is -0.350 e. The van der Waals surface area contributed by atoms with E-state index in [2.05, 4.69) is 17.3 Å². The number of fused-ring (bicyclic) bond motifs is 2. The Labute approximate surface area is 169 Å². The summed E-state index contributed by atoms with van der Waals surface area (Å²) in [6.07, 6.45) is 9.44. The van der Waals surface area contributed by atoms with E-state index >= 15 is 0 Å². The third-order valence-electron chi connectivity index (χ3n) is 6.32.